The Bertz CT molecular complexity index is 603. The van der Waals surface area contributed by atoms with Gasteiger partial charge in [0.05, 0.1) is 9.75 Å². The maximum Gasteiger partial charge on any atom is 0.263 e. The van der Waals surface area contributed by atoms with Crippen molar-refractivity contribution in [3.8, 4) is 0 Å². The Morgan fingerprint density at radius 2 is 1.88 bits per heavy atom. The van der Waals surface area contributed by atoms with E-state index in [1.807, 2.05) is 34.2 Å². The molecular formula is C18H24N2O2S2. The van der Waals surface area contributed by atoms with Crippen LogP contribution < -0.4 is 0 Å². The Balaban J connectivity index is 1.43. The van der Waals surface area contributed by atoms with E-state index in [1.165, 1.54) is 24.2 Å². The van der Waals surface area contributed by atoms with Gasteiger partial charge in [-0.25, -0.2) is 0 Å². The minimum atomic E-state index is -0.0497. The molecule has 3 heterocycles. The van der Waals surface area contributed by atoms with Crippen LogP contribution in [-0.4, -0.2) is 51.9 Å². The van der Waals surface area contributed by atoms with Crippen LogP contribution in [-0.2, 0) is 4.79 Å². The molecule has 6 heteroatoms. The molecule has 1 saturated carbocycles. The summed E-state index contributed by atoms with van der Waals surface area (Å²) in [4.78, 5) is 30.4. The van der Waals surface area contributed by atoms with Crippen LogP contribution in [0, 0.1) is 5.92 Å². The number of hydrogen-bond donors (Lipinski definition) is 0. The number of amides is 2. The molecule has 0 aromatic carbocycles. The summed E-state index contributed by atoms with van der Waals surface area (Å²) in [7, 11) is 0. The number of likely N-dealkylation sites (tertiary alicyclic amines) is 1. The van der Waals surface area contributed by atoms with Gasteiger partial charge in [-0.2, -0.15) is 0 Å². The molecular weight excluding hydrogens is 340 g/mol. The molecule has 4 nitrogen and oxygen atoms in total. The third-order valence-corrected chi connectivity index (χ3v) is 8.12. The minimum Gasteiger partial charge on any atom is -0.338 e. The molecule has 3 fully saturated rings. The molecule has 0 radical (unpaired) electrons. The highest BCUT2D eigenvalue weighted by Crippen LogP contribution is 2.45. The van der Waals surface area contributed by atoms with Crippen LogP contribution in [0.2, 0.25) is 0 Å². The smallest absolute Gasteiger partial charge is 0.263 e. The van der Waals surface area contributed by atoms with Gasteiger partial charge in [0.15, 0.2) is 0 Å². The Hall–Kier alpha value is -1.01. The van der Waals surface area contributed by atoms with Crippen LogP contribution in [0.25, 0.3) is 0 Å². The molecule has 2 saturated heterocycles. The third-order valence-electron chi connectivity index (χ3n) is 5.71. The normalized spacial score (nSPS) is 24.0. The number of nitrogens with zero attached hydrogens (tertiary/aromatic N) is 2. The van der Waals surface area contributed by atoms with Crippen molar-refractivity contribution in [2.24, 2.45) is 5.92 Å². The van der Waals surface area contributed by atoms with E-state index in [1.54, 1.807) is 0 Å². The van der Waals surface area contributed by atoms with E-state index in [0.717, 1.165) is 55.9 Å². The zero-order chi connectivity index (χ0) is 16.6. The number of carbonyl (C=O) groups excluding carboxylic acids is 2. The summed E-state index contributed by atoms with van der Waals surface area (Å²) >= 11 is 3.45. The van der Waals surface area contributed by atoms with Crippen molar-refractivity contribution in [2.45, 2.75) is 43.4 Å². The largest absolute Gasteiger partial charge is 0.338 e. The fourth-order valence-corrected chi connectivity index (χ4v) is 6.50. The second kappa shape index (κ2) is 6.71. The van der Waals surface area contributed by atoms with Gasteiger partial charge < -0.3 is 9.80 Å². The fraction of sp³-hybridized carbons (Fsp3) is 0.667. The molecule has 1 aromatic rings. The second-order valence-corrected chi connectivity index (χ2v) is 9.44. The van der Waals surface area contributed by atoms with E-state index in [4.69, 9.17) is 0 Å². The van der Waals surface area contributed by atoms with Crippen LogP contribution in [0.4, 0.5) is 0 Å². The molecule has 0 N–H and O–H groups in total. The molecule has 0 bridgehead atoms. The first kappa shape index (κ1) is 16.5. The van der Waals surface area contributed by atoms with Crippen molar-refractivity contribution in [3.63, 3.8) is 0 Å². The van der Waals surface area contributed by atoms with E-state index >= 15 is 0 Å². The molecule has 1 aromatic heterocycles. The second-order valence-electron chi connectivity index (χ2n) is 7.04. The fourth-order valence-electron chi connectivity index (χ4n) is 4.34. The van der Waals surface area contributed by atoms with E-state index in [9.17, 15) is 9.59 Å². The lowest BCUT2D eigenvalue weighted by Gasteiger charge is -2.44. The van der Waals surface area contributed by atoms with Gasteiger partial charge in [-0.1, -0.05) is 18.9 Å². The van der Waals surface area contributed by atoms with Gasteiger partial charge in [-0.15, -0.1) is 23.1 Å². The molecule has 0 unspecified atom stereocenters. The van der Waals surface area contributed by atoms with Gasteiger partial charge in [0.25, 0.3) is 5.91 Å². The summed E-state index contributed by atoms with van der Waals surface area (Å²) in [6.07, 6.45) is 6.36. The van der Waals surface area contributed by atoms with E-state index in [0.29, 0.717) is 5.91 Å². The molecule has 24 heavy (non-hydrogen) atoms. The first-order chi connectivity index (χ1) is 11.7. The first-order valence-electron chi connectivity index (χ1n) is 8.98. The van der Waals surface area contributed by atoms with Crippen molar-refractivity contribution in [1.82, 2.24) is 9.80 Å². The molecule has 0 atom stereocenters. The Kier molecular flexibility index (Phi) is 4.60. The monoisotopic (exact) mass is 364 g/mol. The third kappa shape index (κ3) is 2.88. The van der Waals surface area contributed by atoms with E-state index in [-0.39, 0.29) is 16.7 Å². The van der Waals surface area contributed by atoms with Crippen molar-refractivity contribution in [3.05, 3.63) is 22.4 Å². The number of hydrogen-bond acceptors (Lipinski definition) is 4. The Morgan fingerprint density at radius 3 is 2.54 bits per heavy atom. The molecule has 130 valence electrons. The van der Waals surface area contributed by atoms with E-state index in [2.05, 4.69) is 4.90 Å². The maximum absolute atomic E-state index is 13.0. The Morgan fingerprint density at radius 1 is 1.12 bits per heavy atom. The predicted octanol–water partition coefficient (Wildman–Crippen LogP) is 3.45. The summed E-state index contributed by atoms with van der Waals surface area (Å²) < 4.78 is 0. The lowest BCUT2D eigenvalue weighted by Crippen LogP contribution is -2.54. The minimum absolute atomic E-state index is 0.0497. The summed E-state index contributed by atoms with van der Waals surface area (Å²) in [5, 5.41) is 1.95. The lowest BCUT2D eigenvalue weighted by atomic mass is 9.98. The van der Waals surface area contributed by atoms with Gasteiger partial charge in [0.2, 0.25) is 5.91 Å². The number of rotatable bonds is 2. The van der Waals surface area contributed by atoms with Crippen molar-refractivity contribution in [1.29, 1.82) is 0 Å². The standard InChI is InChI=1S/C18H24N2O2S2/c21-16(14-4-1-2-5-14)20-11-13-24-18(20)7-9-19(10-8-18)17(22)15-6-3-12-23-15/h3,6,12,14H,1-2,4-5,7-11,13H2. The van der Waals surface area contributed by atoms with Crippen LogP contribution in [0.3, 0.4) is 0 Å². The van der Waals surface area contributed by atoms with Crippen LogP contribution in [0.15, 0.2) is 17.5 Å². The average Bonchev–Trinajstić information content (AvgIpc) is 3.36. The summed E-state index contributed by atoms with van der Waals surface area (Å²) in [6, 6.07) is 3.83. The van der Waals surface area contributed by atoms with Crippen LogP contribution >= 0.6 is 23.1 Å². The van der Waals surface area contributed by atoms with E-state index < -0.39 is 0 Å². The summed E-state index contributed by atoms with van der Waals surface area (Å²) in [6.45, 7) is 2.41. The van der Waals surface area contributed by atoms with Gasteiger partial charge in [-0.05, 0) is 37.1 Å². The molecule has 3 aliphatic rings. The topological polar surface area (TPSA) is 40.6 Å². The number of thiophene rings is 1. The number of carbonyl (C=O) groups is 2. The number of piperidine rings is 1. The quantitative estimate of drug-likeness (QED) is 0.807. The summed E-state index contributed by atoms with van der Waals surface area (Å²) in [5.41, 5.74) is 0. The van der Waals surface area contributed by atoms with Crippen LogP contribution in [0.5, 0.6) is 0 Å². The highest BCUT2D eigenvalue weighted by Gasteiger charge is 2.48. The van der Waals surface area contributed by atoms with Gasteiger partial charge in [-0.3, -0.25) is 9.59 Å². The van der Waals surface area contributed by atoms with Crippen molar-refractivity contribution >= 4 is 34.9 Å². The van der Waals surface area contributed by atoms with Crippen molar-refractivity contribution < 1.29 is 9.59 Å². The maximum atomic E-state index is 13.0. The van der Waals surface area contributed by atoms with Gasteiger partial charge in [0.1, 0.15) is 0 Å². The molecule has 2 aliphatic heterocycles. The molecule has 4 rings (SSSR count). The predicted molar refractivity (Wildman–Crippen MR) is 98.3 cm³/mol. The molecule has 2 amide bonds. The summed E-state index contributed by atoms with van der Waals surface area (Å²) in [5.74, 6) is 1.83. The lowest BCUT2D eigenvalue weighted by molar-refractivity contribution is -0.138. The highest BCUT2D eigenvalue weighted by molar-refractivity contribution is 8.00. The van der Waals surface area contributed by atoms with Gasteiger partial charge in [0, 0.05) is 31.3 Å². The zero-order valence-electron chi connectivity index (χ0n) is 13.9. The first-order valence-corrected chi connectivity index (χ1v) is 10.8. The highest BCUT2D eigenvalue weighted by atomic mass is 32.2. The average molecular weight is 365 g/mol. The number of thioether (sulfide) groups is 1. The van der Waals surface area contributed by atoms with Crippen molar-refractivity contribution in [2.75, 3.05) is 25.4 Å². The van der Waals surface area contributed by atoms with Crippen LogP contribution in [0.1, 0.15) is 48.2 Å². The SMILES string of the molecule is O=C(c1cccs1)N1CCC2(CC1)SCCN2C(=O)C1CCCC1. The van der Waals surface area contributed by atoms with Gasteiger partial charge >= 0.3 is 0 Å². The molecule has 1 spiro atoms. The zero-order valence-corrected chi connectivity index (χ0v) is 15.5. The Labute approximate surface area is 151 Å². The molecule has 1 aliphatic carbocycles.